The Morgan fingerprint density at radius 2 is 2.10 bits per heavy atom. The van der Waals surface area contributed by atoms with Crippen LogP contribution in [0.5, 0.6) is 0 Å². The molecule has 1 fully saturated rings. The molecule has 0 saturated carbocycles. The van der Waals surface area contributed by atoms with E-state index < -0.39 is 41.8 Å². The molecule has 0 aromatic heterocycles. The summed E-state index contributed by atoms with van der Waals surface area (Å²) in [6, 6.07) is 7.29. The number of hydrogen-bond donors (Lipinski definition) is 5. The number of carbonyl (C=O) groups excluding carboxylic acids is 2. The molecule has 3 aliphatic heterocycles. The van der Waals surface area contributed by atoms with Gasteiger partial charge in [0.05, 0.1) is 5.55 Å². The Labute approximate surface area is 180 Å². The second kappa shape index (κ2) is 7.70. The quantitative estimate of drug-likeness (QED) is 0.306. The molecule has 2 amide bonds. The minimum Gasteiger partial charge on any atom is -0.378 e. The second-order valence-corrected chi connectivity index (χ2v) is 10.9. The molecule has 2 unspecified atom stereocenters. The molecule has 3 aliphatic rings. The Bertz CT molecular complexity index is 989. The van der Waals surface area contributed by atoms with E-state index in [4.69, 9.17) is 0 Å². The van der Waals surface area contributed by atoms with Crippen molar-refractivity contribution in [2.75, 3.05) is 5.75 Å². The lowest BCUT2D eigenvalue weighted by Crippen LogP contribution is -2.70. The van der Waals surface area contributed by atoms with Crippen molar-refractivity contribution < 1.29 is 29.0 Å². The van der Waals surface area contributed by atoms with Crippen molar-refractivity contribution in [1.29, 1.82) is 0 Å². The number of fused-ring (bicyclic) bond motifs is 1. The van der Waals surface area contributed by atoms with E-state index in [0.29, 0.717) is 11.1 Å². The first-order valence-corrected chi connectivity index (χ1v) is 12.4. The van der Waals surface area contributed by atoms with Gasteiger partial charge in [0.2, 0.25) is 0 Å². The van der Waals surface area contributed by atoms with Crippen LogP contribution in [0.25, 0.3) is 0 Å². The number of nitrogens with zero attached hydrogens (tertiary/aromatic N) is 2. The monoisotopic (exact) mass is 470 g/mol. The zero-order valence-corrected chi connectivity index (χ0v) is 18.2. The van der Waals surface area contributed by atoms with E-state index in [0.717, 1.165) is 4.90 Å². The molecule has 0 radical (unpaired) electrons. The fraction of sp³-hybridized carbons (Fsp3) is 0.353. The summed E-state index contributed by atoms with van der Waals surface area (Å²) in [4.78, 5) is 45.3. The molecule has 3 heterocycles. The number of nitrogens with one attached hydrogen (secondary N) is 2. The van der Waals surface area contributed by atoms with Gasteiger partial charge in [-0.2, -0.15) is 5.10 Å². The van der Waals surface area contributed by atoms with E-state index in [2.05, 4.69) is 15.8 Å². The van der Waals surface area contributed by atoms with Crippen molar-refractivity contribution >= 4 is 48.5 Å². The molecule has 1 aromatic carbocycles. The molecular weight excluding hydrogens is 451 g/mol. The fourth-order valence-corrected chi connectivity index (χ4v) is 7.24. The summed E-state index contributed by atoms with van der Waals surface area (Å²) >= 11 is 2.54. The summed E-state index contributed by atoms with van der Waals surface area (Å²) in [6.07, 6.45) is -1.45. The first kappa shape index (κ1) is 21.4. The summed E-state index contributed by atoms with van der Waals surface area (Å²) < 4.78 is 12.3. The summed E-state index contributed by atoms with van der Waals surface area (Å²) in [5.74, 6) is -1.15. The number of aliphatic hydroxyl groups excluding tert-OH is 1. The van der Waals surface area contributed by atoms with Gasteiger partial charge in [-0.05, 0) is 12.5 Å². The third kappa shape index (κ3) is 3.57. The van der Waals surface area contributed by atoms with Gasteiger partial charge in [0, 0.05) is 11.3 Å². The van der Waals surface area contributed by atoms with Gasteiger partial charge in [-0.3, -0.25) is 24.5 Å². The van der Waals surface area contributed by atoms with Crippen molar-refractivity contribution in [3.63, 3.8) is 0 Å². The molecule has 10 nitrogen and oxygen atoms in total. The first-order chi connectivity index (χ1) is 14.1. The molecule has 4 rings (SSSR count). The third-order valence-electron chi connectivity index (χ3n) is 5.07. The average Bonchev–Trinajstić information content (AvgIpc) is 3.17. The van der Waals surface area contributed by atoms with E-state index in [9.17, 15) is 29.0 Å². The number of hydrazone groups is 1. The van der Waals surface area contributed by atoms with Gasteiger partial charge in [-0.25, -0.2) is 0 Å². The van der Waals surface area contributed by atoms with Crippen LogP contribution in [-0.2, 0) is 14.2 Å². The predicted molar refractivity (Wildman–Crippen MR) is 113 cm³/mol. The molecule has 13 heteroatoms. The normalized spacial score (nSPS) is 29.2. The summed E-state index contributed by atoms with van der Waals surface area (Å²) in [5.41, 5.74) is 4.78. The molecule has 0 spiro atoms. The Kier molecular flexibility index (Phi) is 5.50. The minimum absolute atomic E-state index is 0.238. The number of rotatable bonds is 5. The maximum atomic E-state index is 12.8. The molecule has 0 aliphatic carbocycles. The van der Waals surface area contributed by atoms with Crippen molar-refractivity contribution in [1.82, 2.24) is 15.6 Å². The van der Waals surface area contributed by atoms with Gasteiger partial charge in [-0.15, -0.1) is 11.8 Å². The molecule has 0 bridgehead atoms. The Hall–Kier alpha value is -1.82. The number of benzene rings is 1. The number of amides is 2. The Morgan fingerprint density at radius 3 is 2.70 bits per heavy atom. The predicted octanol–water partition coefficient (Wildman–Crippen LogP) is 0.505. The zero-order chi connectivity index (χ0) is 21.7. The third-order valence-corrected chi connectivity index (χ3v) is 8.41. The van der Waals surface area contributed by atoms with Crippen LogP contribution in [0.4, 0.5) is 0 Å². The second-order valence-electron chi connectivity index (χ2n) is 7.05. The fourth-order valence-electron chi connectivity index (χ4n) is 3.50. The number of aliphatic hydroxyl groups is 1. The molecule has 4 atom stereocenters. The van der Waals surface area contributed by atoms with Crippen LogP contribution in [0.15, 0.2) is 46.4 Å². The Morgan fingerprint density at radius 1 is 1.40 bits per heavy atom. The molecule has 1 saturated heterocycles. The smallest absolute Gasteiger partial charge is 0.372 e. The lowest BCUT2D eigenvalue weighted by Gasteiger charge is -2.51. The highest BCUT2D eigenvalue weighted by atomic mass is 32.2. The molecule has 160 valence electrons. The maximum absolute atomic E-state index is 12.8. The van der Waals surface area contributed by atoms with Gasteiger partial charge < -0.3 is 20.2 Å². The maximum Gasteiger partial charge on any atom is 0.372 e. The van der Waals surface area contributed by atoms with Crippen LogP contribution in [0, 0.1) is 0 Å². The number of carbonyl (C=O) groups is 2. The topological polar surface area (TPSA) is 152 Å². The summed E-state index contributed by atoms with van der Waals surface area (Å²) in [6.45, 7) is 1.73. The van der Waals surface area contributed by atoms with Crippen LogP contribution >= 0.6 is 31.1 Å². The van der Waals surface area contributed by atoms with E-state index in [-0.39, 0.29) is 11.2 Å². The number of β-lactam (4-membered cyclic amide) rings is 1. The van der Waals surface area contributed by atoms with Gasteiger partial charge in [0.15, 0.2) is 6.10 Å². The zero-order valence-electron chi connectivity index (χ0n) is 15.6. The van der Waals surface area contributed by atoms with Crippen molar-refractivity contribution in [2.24, 2.45) is 5.10 Å². The van der Waals surface area contributed by atoms with Gasteiger partial charge in [-0.1, -0.05) is 42.1 Å². The van der Waals surface area contributed by atoms with Crippen LogP contribution in [0.3, 0.4) is 0 Å². The lowest BCUT2D eigenvalue weighted by molar-refractivity contribution is -0.147. The SMILES string of the molecule is CC1(C2=C(P(=O)(O)O)N3C(=O)[C@@H](NC(=O)C(O)c4ccccc4)[C@H]3SC2)NN=CS1. The minimum atomic E-state index is -4.80. The highest BCUT2D eigenvalue weighted by molar-refractivity contribution is 8.13. The van der Waals surface area contributed by atoms with Gasteiger partial charge in [0.1, 0.15) is 21.7 Å². The molecule has 5 N–H and O–H groups in total. The summed E-state index contributed by atoms with van der Waals surface area (Å²) in [5, 5.41) is 16.0. The summed E-state index contributed by atoms with van der Waals surface area (Å²) in [7, 11) is -4.80. The highest BCUT2D eigenvalue weighted by Crippen LogP contribution is 2.58. The molecular formula is C17H19N4O6PS2. The number of hydrogen-bond acceptors (Lipinski definition) is 8. The van der Waals surface area contributed by atoms with Crippen LogP contribution in [0.1, 0.15) is 18.6 Å². The van der Waals surface area contributed by atoms with Crippen molar-refractivity contribution in [3.8, 4) is 0 Å². The van der Waals surface area contributed by atoms with Gasteiger partial charge in [0.25, 0.3) is 11.8 Å². The van der Waals surface area contributed by atoms with E-state index >= 15 is 0 Å². The van der Waals surface area contributed by atoms with Crippen molar-refractivity contribution in [3.05, 3.63) is 46.9 Å². The average molecular weight is 470 g/mol. The first-order valence-electron chi connectivity index (χ1n) is 8.88. The Balaban J connectivity index is 1.56. The van der Waals surface area contributed by atoms with Crippen LogP contribution in [-0.4, -0.2) is 59.2 Å². The van der Waals surface area contributed by atoms with Crippen LogP contribution in [0.2, 0.25) is 0 Å². The van der Waals surface area contributed by atoms with Crippen LogP contribution < -0.4 is 10.7 Å². The van der Waals surface area contributed by atoms with E-state index in [1.807, 2.05) is 0 Å². The standard InChI is InChI=1S/C17H19N4O6PS2/c1-17(20-18-8-30-17)10-7-29-16-11(14(24)21(16)15(10)28(25,26)27)19-13(23)12(22)9-5-3-2-4-6-9/h2-6,8,11-12,16,20,22H,7H2,1H3,(H,19,23)(H2,25,26,27)/t11-,12?,16-,17?/m1/s1. The molecule has 30 heavy (non-hydrogen) atoms. The van der Waals surface area contributed by atoms with E-state index in [1.165, 1.54) is 29.1 Å². The largest absolute Gasteiger partial charge is 0.378 e. The van der Waals surface area contributed by atoms with Crippen molar-refractivity contribution in [2.45, 2.75) is 29.3 Å². The van der Waals surface area contributed by atoms with Gasteiger partial charge >= 0.3 is 7.60 Å². The van der Waals surface area contributed by atoms with E-state index in [1.54, 1.807) is 37.3 Å². The molecule has 1 aromatic rings. The highest BCUT2D eigenvalue weighted by Gasteiger charge is 2.58. The number of thioether (sulfide) groups is 2. The lowest BCUT2D eigenvalue weighted by atomic mass is 10.0.